The van der Waals surface area contributed by atoms with Gasteiger partial charge in [0.15, 0.2) is 0 Å². The van der Waals surface area contributed by atoms with Crippen LogP contribution in [0.25, 0.3) is 11.0 Å². The van der Waals surface area contributed by atoms with Crippen LogP contribution in [0.3, 0.4) is 0 Å². The molecule has 0 atom stereocenters. The van der Waals surface area contributed by atoms with Gasteiger partial charge in [-0.05, 0) is 42.0 Å². The Kier molecular flexibility index (Phi) is 4.14. The fraction of sp³-hybridized carbons (Fsp3) is 0.0588. The zero-order valence-electron chi connectivity index (χ0n) is 11.9. The molecule has 0 unspecified atom stereocenters. The van der Waals surface area contributed by atoms with E-state index in [1.54, 1.807) is 42.5 Å². The molecule has 1 amide bonds. The fourth-order valence-electron chi connectivity index (χ4n) is 2.20. The molecule has 1 aromatic heterocycles. The lowest BCUT2D eigenvalue weighted by molar-refractivity contribution is 0.102. The van der Waals surface area contributed by atoms with E-state index in [9.17, 15) is 9.59 Å². The predicted octanol–water partition coefficient (Wildman–Crippen LogP) is 3.19. The average Bonchev–Trinajstić information content (AvgIpc) is 2.54. The summed E-state index contributed by atoms with van der Waals surface area (Å²) >= 11 is 5.91. The third-order valence-corrected chi connectivity index (χ3v) is 3.54. The smallest absolute Gasteiger partial charge is 0.349 e. The Balaban J connectivity index is 1.96. The highest BCUT2D eigenvalue weighted by molar-refractivity contribution is 6.31. The largest absolute Gasteiger partial charge is 0.422 e. The maximum Gasteiger partial charge on any atom is 0.349 e. The molecular formula is C17H12ClNO4. The standard InChI is InChI=1S/C17H12ClNO4/c18-12-4-5-15-11(7-12)8-14(17(22)23-15)16(21)19-13-3-1-2-10(6-13)9-20/h1-8,20H,9H2,(H,19,21). The second kappa shape index (κ2) is 6.24. The highest BCUT2D eigenvalue weighted by Gasteiger charge is 2.14. The molecule has 5 nitrogen and oxygen atoms in total. The molecule has 0 aliphatic heterocycles. The molecular weight excluding hydrogens is 318 g/mol. The van der Waals surface area contributed by atoms with Gasteiger partial charge in [-0.15, -0.1) is 0 Å². The molecule has 23 heavy (non-hydrogen) atoms. The minimum atomic E-state index is -0.726. The van der Waals surface area contributed by atoms with Crippen LogP contribution in [0, 0.1) is 0 Å². The Morgan fingerprint density at radius 2 is 2.00 bits per heavy atom. The lowest BCUT2D eigenvalue weighted by atomic mass is 10.1. The number of amides is 1. The summed E-state index contributed by atoms with van der Waals surface area (Å²) in [7, 11) is 0. The summed E-state index contributed by atoms with van der Waals surface area (Å²) in [4.78, 5) is 24.3. The Bertz CT molecular complexity index is 949. The van der Waals surface area contributed by atoms with Crippen LogP contribution in [0.5, 0.6) is 0 Å². The van der Waals surface area contributed by atoms with E-state index in [1.165, 1.54) is 6.07 Å². The number of nitrogens with one attached hydrogen (secondary N) is 1. The van der Waals surface area contributed by atoms with E-state index >= 15 is 0 Å². The number of anilines is 1. The second-order valence-corrected chi connectivity index (χ2v) is 5.38. The predicted molar refractivity (Wildman–Crippen MR) is 87.8 cm³/mol. The van der Waals surface area contributed by atoms with Gasteiger partial charge in [0.25, 0.3) is 5.91 Å². The Labute approximate surface area is 136 Å². The van der Waals surface area contributed by atoms with E-state index in [0.29, 0.717) is 27.2 Å². The van der Waals surface area contributed by atoms with Crippen LogP contribution >= 0.6 is 11.6 Å². The van der Waals surface area contributed by atoms with Gasteiger partial charge in [0, 0.05) is 16.1 Å². The van der Waals surface area contributed by atoms with Crippen LogP contribution in [-0.2, 0) is 6.61 Å². The molecule has 0 radical (unpaired) electrons. The first-order valence-electron chi connectivity index (χ1n) is 6.81. The maximum atomic E-state index is 12.3. The number of aliphatic hydroxyl groups is 1. The molecule has 6 heteroatoms. The molecule has 2 aromatic carbocycles. The number of carbonyl (C=O) groups is 1. The summed E-state index contributed by atoms with van der Waals surface area (Å²) in [5.41, 5.74) is 0.648. The van der Waals surface area contributed by atoms with Crippen LogP contribution in [0.2, 0.25) is 5.02 Å². The number of fused-ring (bicyclic) bond motifs is 1. The van der Waals surface area contributed by atoms with Gasteiger partial charge < -0.3 is 14.8 Å². The number of aliphatic hydroxyl groups excluding tert-OH is 1. The van der Waals surface area contributed by atoms with Crippen molar-refractivity contribution in [1.29, 1.82) is 0 Å². The van der Waals surface area contributed by atoms with Crippen molar-refractivity contribution in [2.75, 3.05) is 5.32 Å². The van der Waals surface area contributed by atoms with Crippen molar-refractivity contribution in [3.63, 3.8) is 0 Å². The monoisotopic (exact) mass is 329 g/mol. The second-order valence-electron chi connectivity index (χ2n) is 4.94. The average molecular weight is 330 g/mol. The van der Waals surface area contributed by atoms with Gasteiger partial charge >= 0.3 is 5.63 Å². The van der Waals surface area contributed by atoms with E-state index in [2.05, 4.69) is 5.32 Å². The Morgan fingerprint density at radius 1 is 1.17 bits per heavy atom. The van der Waals surface area contributed by atoms with Crippen molar-refractivity contribution in [3.05, 3.63) is 75.1 Å². The lowest BCUT2D eigenvalue weighted by Crippen LogP contribution is -2.20. The van der Waals surface area contributed by atoms with Gasteiger partial charge in [0.05, 0.1) is 6.61 Å². The summed E-state index contributed by atoms with van der Waals surface area (Å²) < 4.78 is 5.14. The number of benzene rings is 2. The van der Waals surface area contributed by atoms with Crippen LogP contribution in [0.15, 0.2) is 57.7 Å². The van der Waals surface area contributed by atoms with E-state index in [-0.39, 0.29) is 12.2 Å². The molecule has 2 N–H and O–H groups in total. The lowest BCUT2D eigenvalue weighted by Gasteiger charge is -2.06. The number of halogens is 1. The minimum absolute atomic E-state index is 0.117. The maximum absolute atomic E-state index is 12.3. The van der Waals surface area contributed by atoms with Crippen molar-refractivity contribution in [2.24, 2.45) is 0 Å². The molecule has 3 aromatic rings. The summed E-state index contributed by atoms with van der Waals surface area (Å²) in [5, 5.41) is 12.8. The summed E-state index contributed by atoms with van der Waals surface area (Å²) in [6, 6.07) is 12.9. The highest BCUT2D eigenvalue weighted by Crippen LogP contribution is 2.19. The summed E-state index contributed by atoms with van der Waals surface area (Å²) in [5.74, 6) is -0.587. The van der Waals surface area contributed by atoms with E-state index in [0.717, 1.165) is 0 Å². The molecule has 1 heterocycles. The van der Waals surface area contributed by atoms with Crippen LogP contribution in [0.4, 0.5) is 5.69 Å². The first-order valence-corrected chi connectivity index (χ1v) is 7.19. The summed E-state index contributed by atoms with van der Waals surface area (Å²) in [6.45, 7) is -0.139. The first-order chi connectivity index (χ1) is 11.1. The first kappa shape index (κ1) is 15.3. The van der Waals surface area contributed by atoms with Crippen LogP contribution < -0.4 is 10.9 Å². The topological polar surface area (TPSA) is 79.5 Å². The molecule has 0 fully saturated rings. The van der Waals surface area contributed by atoms with Crippen molar-refractivity contribution in [2.45, 2.75) is 6.61 Å². The molecule has 0 aliphatic rings. The van der Waals surface area contributed by atoms with Gasteiger partial charge in [-0.2, -0.15) is 0 Å². The fourth-order valence-corrected chi connectivity index (χ4v) is 2.38. The molecule has 116 valence electrons. The summed E-state index contributed by atoms with van der Waals surface area (Å²) in [6.07, 6.45) is 0. The van der Waals surface area contributed by atoms with Gasteiger partial charge in [-0.25, -0.2) is 4.79 Å². The van der Waals surface area contributed by atoms with Gasteiger partial charge in [-0.3, -0.25) is 4.79 Å². The third kappa shape index (κ3) is 3.26. The molecule has 0 saturated heterocycles. The van der Waals surface area contributed by atoms with Crippen molar-refractivity contribution >= 4 is 34.2 Å². The Morgan fingerprint density at radius 3 is 2.78 bits per heavy atom. The van der Waals surface area contributed by atoms with Gasteiger partial charge in [0.2, 0.25) is 0 Å². The van der Waals surface area contributed by atoms with Gasteiger partial charge in [0.1, 0.15) is 11.1 Å². The van der Waals surface area contributed by atoms with E-state index in [4.69, 9.17) is 21.1 Å². The molecule has 0 saturated carbocycles. The zero-order valence-corrected chi connectivity index (χ0v) is 12.6. The number of carbonyl (C=O) groups excluding carboxylic acids is 1. The normalized spacial score (nSPS) is 10.7. The molecule has 3 rings (SSSR count). The SMILES string of the molecule is O=C(Nc1cccc(CO)c1)c1cc2cc(Cl)ccc2oc1=O. The molecule has 0 bridgehead atoms. The third-order valence-electron chi connectivity index (χ3n) is 3.31. The Hall–Kier alpha value is -2.63. The van der Waals surface area contributed by atoms with E-state index in [1.807, 2.05) is 0 Å². The molecule has 0 spiro atoms. The van der Waals surface area contributed by atoms with Crippen molar-refractivity contribution in [3.8, 4) is 0 Å². The highest BCUT2D eigenvalue weighted by atomic mass is 35.5. The van der Waals surface area contributed by atoms with Crippen molar-refractivity contribution in [1.82, 2.24) is 0 Å². The zero-order chi connectivity index (χ0) is 16.4. The number of hydrogen-bond donors (Lipinski definition) is 2. The minimum Gasteiger partial charge on any atom is -0.422 e. The van der Waals surface area contributed by atoms with E-state index < -0.39 is 11.5 Å². The quantitative estimate of drug-likeness (QED) is 0.723. The molecule has 0 aliphatic carbocycles. The van der Waals surface area contributed by atoms with Crippen LogP contribution in [0.1, 0.15) is 15.9 Å². The number of hydrogen-bond acceptors (Lipinski definition) is 4. The van der Waals surface area contributed by atoms with Crippen LogP contribution in [-0.4, -0.2) is 11.0 Å². The van der Waals surface area contributed by atoms with Gasteiger partial charge in [-0.1, -0.05) is 23.7 Å². The number of rotatable bonds is 3. The van der Waals surface area contributed by atoms with Crippen molar-refractivity contribution < 1.29 is 14.3 Å².